The number of hydrogen-bond acceptors (Lipinski definition) is 5. The molecule has 0 atom stereocenters. The van der Waals surface area contributed by atoms with Crippen LogP contribution in [0.4, 0.5) is 4.79 Å². The average Bonchev–Trinajstić information content (AvgIpc) is 2.42. The van der Waals surface area contributed by atoms with Gasteiger partial charge in [-0.2, -0.15) is 4.31 Å². The number of rotatable bonds is 6. The molecule has 8 heteroatoms. The fourth-order valence-corrected chi connectivity index (χ4v) is 2.76. The molecule has 0 heterocycles. The maximum Gasteiger partial charge on any atom is 0.421 e. The molecule has 1 N–H and O–H groups in total. The molecular formula is C14H17NO6S. The summed E-state index contributed by atoms with van der Waals surface area (Å²) in [6, 6.07) is 5.77. The maximum atomic E-state index is 12.3. The molecule has 1 rings (SSSR count). The highest BCUT2D eigenvalue weighted by Gasteiger charge is 2.29. The SMILES string of the molecule is C=C(C)C(=O)OCCN(C(=O)O)S(=O)(=O)c1ccc(C)cc1. The summed E-state index contributed by atoms with van der Waals surface area (Å²) in [5.41, 5.74) is 0.986. The van der Waals surface area contributed by atoms with Gasteiger partial charge in [-0.15, -0.1) is 0 Å². The molecule has 0 aliphatic heterocycles. The number of carbonyl (C=O) groups excluding carboxylic acids is 1. The largest absolute Gasteiger partial charge is 0.464 e. The molecule has 0 bridgehead atoms. The topological polar surface area (TPSA) is 101 Å². The van der Waals surface area contributed by atoms with Crippen molar-refractivity contribution in [2.75, 3.05) is 13.2 Å². The Morgan fingerprint density at radius 1 is 1.27 bits per heavy atom. The van der Waals surface area contributed by atoms with E-state index in [1.54, 1.807) is 19.1 Å². The minimum absolute atomic E-state index is 0.142. The standard InChI is InChI=1S/C14H17NO6S/c1-10(2)13(16)21-9-8-15(14(17)18)22(19,20)12-6-4-11(3)5-7-12/h4-7H,1,8-9H2,2-3H3,(H,17,18). The summed E-state index contributed by atoms with van der Waals surface area (Å²) in [5.74, 6) is -0.710. The van der Waals surface area contributed by atoms with Crippen LogP contribution >= 0.6 is 0 Å². The lowest BCUT2D eigenvalue weighted by Crippen LogP contribution is -2.38. The van der Waals surface area contributed by atoms with Gasteiger partial charge in [0.1, 0.15) is 6.61 Å². The van der Waals surface area contributed by atoms with Crippen molar-refractivity contribution in [1.82, 2.24) is 4.31 Å². The zero-order valence-corrected chi connectivity index (χ0v) is 13.1. The Bertz CT molecular complexity index is 678. The molecule has 1 amide bonds. The number of carboxylic acid groups (broad SMARTS) is 1. The first kappa shape index (κ1) is 17.7. The van der Waals surface area contributed by atoms with Crippen LogP contribution in [-0.2, 0) is 19.6 Å². The van der Waals surface area contributed by atoms with Crippen molar-refractivity contribution in [2.24, 2.45) is 0 Å². The van der Waals surface area contributed by atoms with E-state index in [4.69, 9.17) is 9.84 Å². The van der Waals surface area contributed by atoms with Crippen LogP contribution in [0.15, 0.2) is 41.3 Å². The first-order valence-electron chi connectivity index (χ1n) is 6.31. The Balaban J connectivity index is 2.90. The third-order valence-electron chi connectivity index (χ3n) is 2.70. The van der Waals surface area contributed by atoms with E-state index in [-0.39, 0.29) is 21.4 Å². The molecule has 1 aromatic rings. The fraction of sp³-hybridized carbons (Fsp3) is 0.286. The molecule has 0 aliphatic rings. The van der Waals surface area contributed by atoms with Gasteiger partial charge < -0.3 is 9.84 Å². The summed E-state index contributed by atoms with van der Waals surface area (Å²) in [6.45, 7) is 5.70. The molecule has 22 heavy (non-hydrogen) atoms. The van der Waals surface area contributed by atoms with Crippen molar-refractivity contribution < 1.29 is 27.9 Å². The Morgan fingerprint density at radius 2 is 1.82 bits per heavy atom. The van der Waals surface area contributed by atoms with Crippen molar-refractivity contribution >= 4 is 22.1 Å². The van der Waals surface area contributed by atoms with Crippen molar-refractivity contribution in [3.05, 3.63) is 42.0 Å². The smallest absolute Gasteiger partial charge is 0.421 e. The zero-order valence-electron chi connectivity index (χ0n) is 12.3. The van der Waals surface area contributed by atoms with E-state index in [1.165, 1.54) is 19.1 Å². The molecule has 0 saturated carbocycles. The number of ether oxygens (including phenoxy) is 1. The van der Waals surface area contributed by atoms with Gasteiger partial charge in [0, 0.05) is 5.57 Å². The van der Waals surface area contributed by atoms with Crippen LogP contribution in [0.2, 0.25) is 0 Å². The van der Waals surface area contributed by atoms with E-state index in [0.29, 0.717) is 0 Å². The van der Waals surface area contributed by atoms with Crippen LogP contribution in [0, 0.1) is 6.92 Å². The van der Waals surface area contributed by atoms with Crippen molar-refractivity contribution in [3.8, 4) is 0 Å². The van der Waals surface area contributed by atoms with E-state index >= 15 is 0 Å². The van der Waals surface area contributed by atoms with E-state index < -0.39 is 28.6 Å². The van der Waals surface area contributed by atoms with Crippen LogP contribution in [0.3, 0.4) is 0 Å². The van der Waals surface area contributed by atoms with Gasteiger partial charge in [0.2, 0.25) is 0 Å². The van der Waals surface area contributed by atoms with Gasteiger partial charge in [-0.3, -0.25) is 0 Å². The van der Waals surface area contributed by atoms with E-state index in [9.17, 15) is 18.0 Å². The van der Waals surface area contributed by atoms with Gasteiger partial charge in [-0.1, -0.05) is 24.3 Å². The predicted octanol–water partition coefficient (Wildman–Crippen LogP) is 1.78. The number of sulfonamides is 1. The van der Waals surface area contributed by atoms with E-state index in [0.717, 1.165) is 5.56 Å². The number of carbonyl (C=O) groups is 2. The van der Waals surface area contributed by atoms with Crippen LogP contribution in [-0.4, -0.2) is 43.0 Å². The monoisotopic (exact) mass is 327 g/mol. The Labute approximate surface area is 128 Å². The highest BCUT2D eigenvalue weighted by molar-refractivity contribution is 7.89. The molecule has 0 spiro atoms. The van der Waals surface area contributed by atoms with Gasteiger partial charge in [0.05, 0.1) is 11.4 Å². The number of benzene rings is 1. The Hall–Kier alpha value is -2.35. The average molecular weight is 327 g/mol. The summed E-state index contributed by atoms with van der Waals surface area (Å²) in [4.78, 5) is 22.3. The quantitative estimate of drug-likeness (QED) is 0.631. The summed E-state index contributed by atoms with van der Waals surface area (Å²) >= 11 is 0. The molecular weight excluding hydrogens is 310 g/mol. The predicted molar refractivity (Wildman–Crippen MR) is 78.9 cm³/mol. The highest BCUT2D eigenvalue weighted by atomic mass is 32.2. The Kier molecular flexibility index (Phi) is 5.69. The van der Waals surface area contributed by atoms with Gasteiger partial charge in [-0.25, -0.2) is 18.0 Å². The van der Waals surface area contributed by atoms with Gasteiger partial charge in [0.15, 0.2) is 0 Å². The second-order valence-corrected chi connectivity index (χ2v) is 6.45. The number of esters is 1. The lowest BCUT2D eigenvalue weighted by Gasteiger charge is -2.19. The molecule has 0 aromatic heterocycles. The van der Waals surface area contributed by atoms with Gasteiger partial charge >= 0.3 is 12.1 Å². The first-order chi connectivity index (χ1) is 10.2. The molecule has 0 unspecified atom stereocenters. The van der Waals surface area contributed by atoms with Gasteiger partial charge in [0.25, 0.3) is 10.0 Å². The second-order valence-electron chi connectivity index (χ2n) is 4.59. The van der Waals surface area contributed by atoms with Crippen LogP contribution in [0.5, 0.6) is 0 Å². The van der Waals surface area contributed by atoms with Crippen LogP contribution in [0.1, 0.15) is 12.5 Å². The van der Waals surface area contributed by atoms with Gasteiger partial charge in [-0.05, 0) is 26.0 Å². The van der Waals surface area contributed by atoms with Crippen molar-refractivity contribution in [2.45, 2.75) is 18.7 Å². The summed E-state index contributed by atoms with van der Waals surface area (Å²) in [7, 11) is -4.22. The zero-order chi connectivity index (χ0) is 16.9. The minimum Gasteiger partial charge on any atom is -0.464 e. The number of hydrogen-bond donors (Lipinski definition) is 1. The maximum absolute atomic E-state index is 12.3. The third kappa shape index (κ3) is 4.32. The molecule has 7 nitrogen and oxygen atoms in total. The lowest BCUT2D eigenvalue weighted by atomic mass is 10.2. The molecule has 0 radical (unpaired) electrons. The fourth-order valence-electron chi connectivity index (χ4n) is 1.50. The Morgan fingerprint density at radius 3 is 2.27 bits per heavy atom. The number of amides is 1. The number of aryl methyl sites for hydroxylation is 1. The molecule has 0 saturated heterocycles. The lowest BCUT2D eigenvalue weighted by molar-refractivity contribution is -0.139. The molecule has 0 aliphatic carbocycles. The normalized spacial score (nSPS) is 10.8. The van der Waals surface area contributed by atoms with Crippen LogP contribution < -0.4 is 0 Å². The third-order valence-corrected chi connectivity index (χ3v) is 4.49. The summed E-state index contributed by atoms with van der Waals surface area (Å²) < 4.78 is 29.5. The van der Waals surface area contributed by atoms with E-state index in [1.807, 2.05) is 0 Å². The first-order valence-corrected chi connectivity index (χ1v) is 7.75. The second kappa shape index (κ2) is 7.08. The van der Waals surface area contributed by atoms with E-state index in [2.05, 4.69) is 6.58 Å². The van der Waals surface area contributed by atoms with Crippen molar-refractivity contribution in [1.29, 1.82) is 0 Å². The molecule has 0 fully saturated rings. The minimum atomic E-state index is -4.22. The van der Waals surface area contributed by atoms with Crippen LogP contribution in [0.25, 0.3) is 0 Å². The number of nitrogens with zero attached hydrogens (tertiary/aromatic N) is 1. The van der Waals surface area contributed by atoms with Crippen molar-refractivity contribution in [3.63, 3.8) is 0 Å². The summed E-state index contributed by atoms with van der Waals surface area (Å²) in [6.07, 6.45) is -1.65. The highest BCUT2D eigenvalue weighted by Crippen LogP contribution is 2.16. The summed E-state index contributed by atoms with van der Waals surface area (Å²) in [5, 5.41) is 9.09. The molecule has 120 valence electrons. The molecule has 1 aromatic carbocycles.